The van der Waals surface area contributed by atoms with Crippen molar-refractivity contribution >= 4 is 17.8 Å². The van der Waals surface area contributed by atoms with E-state index in [1.54, 1.807) is 6.21 Å². The molecule has 2 aromatic carbocycles. The lowest BCUT2D eigenvalue weighted by molar-refractivity contribution is 0.0954. The number of hydrazone groups is 1. The van der Waals surface area contributed by atoms with Gasteiger partial charge in [-0.3, -0.25) is 4.79 Å². The van der Waals surface area contributed by atoms with Crippen LogP contribution in [0, 0.1) is 13.8 Å². The van der Waals surface area contributed by atoms with Gasteiger partial charge in [-0.25, -0.2) is 5.43 Å². The van der Waals surface area contributed by atoms with Crippen LogP contribution in [0.15, 0.2) is 47.6 Å². The molecule has 1 heterocycles. The molecule has 1 N–H and O–H groups in total. The van der Waals surface area contributed by atoms with Crippen LogP contribution >= 0.6 is 0 Å². The first-order valence-corrected chi connectivity index (χ1v) is 8.47. The first kappa shape index (κ1) is 17.2. The number of amides is 1. The monoisotopic (exact) mass is 337 g/mol. The molecule has 0 aromatic heterocycles. The lowest BCUT2D eigenvalue weighted by Gasteiger charge is -2.28. The predicted molar refractivity (Wildman–Crippen MR) is 100 cm³/mol. The highest BCUT2D eigenvalue weighted by Crippen LogP contribution is 2.16. The van der Waals surface area contributed by atoms with Crippen molar-refractivity contribution in [2.75, 3.05) is 31.2 Å². The van der Waals surface area contributed by atoms with Gasteiger partial charge in [0.1, 0.15) is 0 Å². The number of rotatable bonds is 4. The lowest BCUT2D eigenvalue weighted by Crippen LogP contribution is -2.36. The van der Waals surface area contributed by atoms with E-state index in [2.05, 4.69) is 27.6 Å². The minimum atomic E-state index is -0.196. The summed E-state index contributed by atoms with van der Waals surface area (Å²) in [5.74, 6) is -0.196. The molecule has 1 aliphatic rings. The maximum absolute atomic E-state index is 12.2. The van der Waals surface area contributed by atoms with Gasteiger partial charge >= 0.3 is 0 Å². The molecule has 0 atom stereocenters. The van der Waals surface area contributed by atoms with Gasteiger partial charge in [-0.15, -0.1) is 0 Å². The maximum Gasteiger partial charge on any atom is 0.271 e. The molecule has 25 heavy (non-hydrogen) atoms. The number of nitrogens with zero attached hydrogens (tertiary/aromatic N) is 2. The molecule has 1 aliphatic heterocycles. The minimum Gasteiger partial charge on any atom is -0.378 e. The van der Waals surface area contributed by atoms with Crippen LogP contribution in [0.5, 0.6) is 0 Å². The van der Waals surface area contributed by atoms with Gasteiger partial charge in [-0.2, -0.15) is 5.10 Å². The Bertz CT molecular complexity index is 763. The zero-order valence-corrected chi connectivity index (χ0v) is 14.7. The summed E-state index contributed by atoms with van der Waals surface area (Å²) >= 11 is 0. The van der Waals surface area contributed by atoms with Crippen molar-refractivity contribution < 1.29 is 9.53 Å². The van der Waals surface area contributed by atoms with Crippen LogP contribution in [0.3, 0.4) is 0 Å². The van der Waals surface area contributed by atoms with Crippen LogP contribution in [-0.4, -0.2) is 38.4 Å². The summed E-state index contributed by atoms with van der Waals surface area (Å²) in [6.07, 6.45) is 1.66. The maximum atomic E-state index is 12.2. The largest absolute Gasteiger partial charge is 0.378 e. The number of nitrogens with one attached hydrogen (secondary N) is 1. The molecule has 0 radical (unpaired) electrons. The zero-order chi connectivity index (χ0) is 17.6. The minimum absolute atomic E-state index is 0.196. The molecule has 0 spiro atoms. The molecule has 3 rings (SSSR count). The molecule has 0 saturated carbocycles. The smallest absolute Gasteiger partial charge is 0.271 e. The summed E-state index contributed by atoms with van der Waals surface area (Å²) in [4.78, 5) is 14.5. The molecule has 0 bridgehead atoms. The second-order valence-corrected chi connectivity index (χ2v) is 6.21. The average Bonchev–Trinajstić information content (AvgIpc) is 2.63. The first-order chi connectivity index (χ1) is 12.1. The number of anilines is 1. The van der Waals surface area contributed by atoms with Crippen molar-refractivity contribution in [2.24, 2.45) is 5.10 Å². The highest BCUT2D eigenvalue weighted by molar-refractivity contribution is 5.96. The molecule has 0 unspecified atom stereocenters. The van der Waals surface area contributed by atoms with Gasteiger partial charge in [0.15, 0.2) is 0 Å². The molecule has 130 valence electrons. The average molecular weight is 337 g/mol. The fourth-order valence-corrected chi connectivity index (χ4v) is 2.89. The Kier molecular flexibility index (Phi) is 5.46. The van der Waals surface area contributed by atoms with Gasteiger partial charge in [0.2, 0.25) is 0 Å². The predicted octanol–water partition coefficient (Wildman–Crippen LogP) is 2.90. The van der Waals surface area contributed by atoms with Crippen molar-refractivity contribution in [3.8, 4) is 0 Å². The van der Waals surface area contributed by atoms with Crippen LogP contribution in [0.4, 0.5) is 5.69 Å². The number of hydrogen-bond acceptors (Lipinski definition) is 4. The summed E-state index contributed by atoms with van der Waals surface area (Å²) in [5, 5.41) is 4.07. The van der Waals surface area contributed by atoms with Gasteiger partial charge in [-0.1, -0.05) is 29.8 Å². The van der Waals surface area contributed by atoms with Crippen LogP contribution in [-0.2, 0) is 4.74 Å². The van der Waals surface area contributed by atoms with Gasteiger partial charge in [0.05, 0.1) is 19.4 Å². The molecule has 1 fully saturated rings. The van der Waals surface area contributed by atoms with E-state index in [4.69, 9.17) is 4.74 Å². The van der Waals surface area contributed by atoms with Gasteiger partial charge in [-0.05, 0) is 43.2 Å². The number of hydrogen-bond donors (Lipinski definition) is 1. The Morgan fingerprint density at radius 3 is 2.52 bits per heavy atom. The van der Waals surface area contributed by atoms with Crippen molar-refractivity contribution in [2.45, 2.75) is 13.8 Å². The Balaban J connectivity index is 1.59. The van der Waals surface area contributed by atoms with E-state index in [0.29, 0.717) is 5.56 Å². The van der Waals surface area contributed by atoms with Crippen LogP contribution in [0.1, 0.15) is 27.0 Å². The van der Waals surface area contributed by atoms with Crippen molar-refractivity contribution in [3.05, 3.63) is 64.7 Å². The quantitative estimate of drug-likeness (QED) is 0.689. The molecule has 2 aromatic rings. The fraction of sp³-hybridized carbons (Fsp3) is 0.300. The summed E-state index contributed by atoms with van der Waals surface area (Å²) in [5.41, 5.74) is 7.44. The Hall–Kier alpha value is -2.66. The molecular formula is C20H23N3O2. The molecule has 5 heteroatoms. The van der Waals surface area contributed by atoms with E-state index >= 15 is 0 Å². The topological polar surface area (TPSA) is 53.9 Å². The Morgan fingerprint density at radius 1 is 1.12 bits per heavy atom. The summed E-state index contributed by atoms with van der Waals surface area (Å²) in [7, 11) is 0. The molecule has 1 amide bonds. The van der Waals surface area contributed by atoms with Crippen molar-refractivity contribution in [1.29, 1.82) is 0 Å². The third-order valence-corrected chi connectivity index (χ3v) is 4.28. The standard InChI is InChI=1S/C20H23N3O2/c1-15-3-8-19(16(2)13-15)20(24)22-21-14-17-4-6-18(7-5-17)23-9-11-25-12-10-23/h3-8,13-14H,9-12H2,1-2H3,(H,22,24)/b21-14-. The number of morpholine rings is 1. The fourth-order valence-electron chi connectivity index (χ4n) is 2.89. The van der Waals surface area contributed by atoms with E-state index in [9.17, 15) is 4.79 Å². The van der Waals surface area contributed by atoms with Crippen molar-refractivity contribution in [1.82, 2.24) is 5.43 Å². The Labute approximate surface area is 148 Å². The summed E-state index contributed by atoms with van der Waals surface area (Å²) in [6.45, 7) is 7.31. The van der Waals surface area contributed by atoms with E-state index in [1.165, 1.54) is 5.69 Å². The summed E-state index contributed by atoms with van der Waals surface area (Å²) < 4.78 is 5.37. The van der Waals surface area contributed by atoms with Crippen molar-refractivity contribution in [3.63, 3.8) is 0 Å². The Morgan fingerprint density at radius 2 is 1.84 bits per heavy atom. The number of carbonyl (C=O) groups is 1. The van der Waals surface area contributed by atoms with E-state index in [-0.39, 0.29) is 5.91 Å². The van der Waals surface area contributed by atoms with Gasteiger partial charge in [0.25, 0.3) is 5.91 Å². The summed E-state index contributed by atoms with van der Waals surface area (Å²) in [6, 6.07) is 13.9. The normalized spacial score (nSPS) is 14.7. The third kappa shape index (κ3) is 4.45. The van der Waals surface area contributed by atoms with E-state index in [0.717, 1.165) is 43.0 Å². The zero-order valence-electron chi connectivity index (χ0n) is 14.7. The second kappa shape index (κ2) is 7.94. The molecule has 1 saturated heterocycles. The highest BCUT2D eigenvalue weighted by Gasteiger charge is 2.10. The van der Waals surface area contributed by atoms with Crippen LogP contribution in [0.2, 0.25) is 0 Å². The molecular weight excluding hydrogens is 314 g/mol. The van der Waals surface area contributed by atoms with Gasteiger partial charge in [0, 0.05) is 24.3 Å². The molecule has 5 nitrogen and oxygen atoms in total. The number of aryl methyl sites for hydroxylation is 2. The number of carbonyl (C=O) groups excluding carboxylic acids is 1. The van der Waals surface area contributed by atoms with Crippen LogP contribution < -0.4 is 10.3 Å². The third-order valence-electron chi connectivity index (χ3n) is 4.28. The number of ether oxygens (including phenoxy) is 1. The van der Waals surface area contributed by atoms with Crippen LogP contribution in [0.25, 0.3) is 0 Å². The van der Waals surface area contributed by atoms with E-state index < -0.39 is 0 Å². The molecule has 0 aliphatic carbocycles. The second-order valence-electron chi connectivity index (χ2n) is 6.21. The lowest BCUT2D eigenvalue weighted by atomic mass is 10.1. The highest BCUT2D eigenvalue weighted by atomic mass is 16.5. The van der Waals surface area contributed by atoms with E-state index in [1.807, 2.05) is 44.2 Å². The first-order valence-electron chi connectivity index (χ1n) is 8.47. The van der Waals surface area contributed by atoms with Gasteiger partial charge < -0.3 is 9.64 Å². The number of benzene rings is 2. The SMILES string of the molecule is Cc1ccc(C(=O)N/N=C\c2ccc(N3CCOCC3)cc2)c(C)c1.